The lowest BCUT2D eigenvalue weighted by Crippen LogP contribution is -2.24. The van der Waals surface area contributed by atoms with E-state index in [9.17, 15) is 13.2 Å². The van der Waals surface area contributed by atoms with Crippen molar-refractivity contribution in [2.24, 2.45) is 5.92 Å². The molecule has 1 atom stereocenters. The van der Waals surface area contributed by atoms with Crippen LogP contribution in [0.25, 0.3) is 0 Å². The Balaban J connectivity index is 2.27. The minimum Gasteiger partial charge on any atom is -0.384 e. The molecule has 0 saturated carbocycles. The van der Waals surface area contributed by atoms with Crippen molar-refractivity contribution in [1.82, 2.24) is 0 Å². The topological polar surface area (TPSA) is 12.5 Å². The van der Waals surface area contributed by atoms with Crippen molar-refractivity contribution in [1.29, 1.82) is 0 Å². The first-order valence-corrected chi connectivity index (χ1v) is 6.99. The summed E-state index contributed by atoms with van der Waals surface area (Å²) in [4.78, 5) is 1.78. The van der Waals surface area contributed by atoms with E-state index >= 15 is 0 Å². The van der Waals surface area contributed by atoms with Gasteiger partial charge in [-0.3, -0.25) is 0 Å². The quantitative estimate of drug-likeness (QED) is 0.782. The van der Waals surface area contributed by atoms with Crippen molar-refractivity contribution >= 4 is 17.3 Å². The van der Waals surface area contributed by atoms with Gasteiger partial charge in [0.25, 0.3) is 0 Å². The highest BCUT2D eigenvalue weighted by molar-refractivity contribution is 6.17. The minimum atomic E-state index is -4.36. The van der Waals surface area contributed by atoms with Crippen molar-refractivity contribution < 1.29 is 17.9 Å². The van der Waals surface area contributed by atoms with E-state index in [1.807, 2.05) is 0 Å². The lowest BCUT2D eigenvalue weighted by atomic mass is 10.1. The Morgan fingerprint density at radius 1 is 1.40 bits per heavy atom. The number of alkyl halides is 4. The second-order valence-electron chi connectivity index (χ2n) is 5.04. The number of hydrogen-bond acceptors (Lipinski definition) is 2. The normalized spacial score (nSPS) is 19.6. The predicted molar refractivity (Wildman–Crippen MR) is 73.2 cm³/mol. The number of nitrogens with zero attached hydrogens (tertiary/aromatic N) is 1. The zero-order valence-electron chi connectivity index (χ0n) is 11.2. The molecule has 0 N–H and O–H groups in total. The second-order valence-corrected chi connectivity index (χ2v) is 5.31. The molecule has 2 rings (SSSR count). The van der Waals surface area contributed by atoms with Crippen LogP contribution in [-0.2, 0) is 16.8 Å². The van der Waals surface area contributed by atoms with Crippen LogP contribution in [0.5, 0.6) is 0 Å². The number of hydrogen-bond donors (Lipinski definition) is 0. The number of benzene rings is 1. The summed E-state index contributed by atoms with van der Waals surface area (Å²) >= 11 is 5.63. The molecule has 0 aromatic heterocycles. The molecule has 1 aliphatic rings. The molecule has 1 aliphatic heterocycles. The van der Waals surface area contributed by atoms with Crippen LogP contribution in [0.2, 0.25) is 0 Å². The van der Waals surface area contributed by atoms with E-state index in [1.54, 1.807) is 18.1 Å². The fourth-order valence-corrected chi connectivity index (χ4v) is 2.76. The molecule has 1 aromatic rings. The Bertz CT molecular complexity index is 464. The summed E-state index contributed by atoms with van der Waals surface area (Å²) in [6.07, 6.45) is -3.51. The molecule has 2 nitrogen and oxygen atoms in total. The molecular formula is C14H17ClF3NO. The summed E-state index contributed by atoms with van der Waals surface area (Å²) in [6, 6.07) is 4.32. The maximum Gasteiger partial charge on any atom is 0.418 e. The summed E-state index contributed by atoms with van der Waals surface area (Å²) in [7, 11) is 1.61. The van der Waals surface area contributed by atoms with Crippen molar-refractivity contribution in [3.63, 3.8) is 0 Å². The molecule has 1 aromatic carbocycles. The lowest BCUT2D eigenvalue weighted by Gasteiger charge is -2.23. The molecule has 20 heavy (non-hydrogen) atoms. The third-order valence-corrected chi connectivity index (χ3v) is 3.86. The van der Waals surface area contributed by atoms with E-state index in [4.69, 9.17) is 16.3 Å². The standard InChI is InChI=1S/C14H17ClF3NO/c1-20-9-11-4-5-19(8-11)13-3-2-10(7-15)6-12(13)14(16,17)18/h2-3,6,11H,4-5,7-9H2,1H3. The molecule has 1 fully saturated rings. The van der Waals surface area contributed by atoms with Gasteiger partial charge >= 0.3 is 6.18 Å². The predicted octanol–water partition coefficient (Wildman–Crippen LogP) is 3.92. The van der Waals surface area contributed by atoms with Gasteiger partial charge in [0, 0.05) is 37.7 Å². The molecule has 1 unspecified atom stereocenters. The van der Waals surface area contributed by atoms with E-state index in [-0.39, 0.29) is 17.5 Å². The zero-order chi connectivity index (χ0) is 14.8. The van der Waals surface area contributed by atoms with Gasteiger partial charge in [0.15, 0.2) is 0 Å². The minimum absolute atomic E-state index is 0.0790. The number of ether oxygens (including phenoxy) is 1. The van der Waals surface area contributed by atoms with Crippen LogP contribution in [0.3, 0.4) is 0 Å². The SMILES string of the molecule is COCC1CCN(c2ccc(CCl)cc2C(F)(F)F)C1. The smallest absolute Gasteiger partial charge is 0.384 e. The Morgan fingerprint density at radius 2 is 2.15 bits per heavy atom. The van der Waals surface area contributed by atoms with Gasteiger partial charge in [0.1, 0.15) is 0 Å². The van der Waals surface area contributed by atoms with Crippen LogP contribution in [0.1, 0.15) is 17.5 Å². The zero-order valence-corrected chi connectivity index (χ0v) is 12.0. The van der Waals surface area contributed by atoms with Crippen LogP contribution in [0, 0.1) is 5.92 Å². The fourth-order valence-electron chi connectivity index (χ4n) is 2.59. The maximum atomic E-state index is 13.2. The number of halogens is 4. The van der Waals surface area contributed by atoms with Crippen molar-refractivity contribution in [3.8, 4) is 0 Å². The summed E-state index contributed by atoms with van der Waals surface area (Å²) in [5.74, 6) is 0.365. The van der Waals surface area contributed by atoms with E-state index < -0.39 is 11.7 Å². The van der Waals surface area contributed by atoms with Crippen molar-refractivity contribution in [2.45, 2.75) is 18.5 Å². The average Bonchev–Trinajstić information content (AvgIpc) is 2.86. The highest BCUT2D eigenvalue weighted by Gasteiger charge is 2.36. The van der Waals surface area contributed by atoms with Gasteiger partial charge < -0.3 is 9.64 Å². The molecular weight excluding hydrogens is 291 g/mol. The molecule has 1 heterocycles. The van der Waals surface area contributed by atoms with Gasteiger partial charge in [-0.1, -0.05) is 6.07 Å². The highest BCUT2D eigenvalue weighted by atomic mass is 35.5. The van der Waals surface area contributed by atoms with Crippen LogP contribution < -0.4 is 4.90 Å². The summed E-state index contributed by atoms with van der Waals surface area (Å²) in [5.41, 5.74) is 0.120. The third kappa shape index (κ3) is 3.38. The maximum absolute atomic E-state index is 13.2. The van der Waals surface area contributed by atoms with Crippen molar-refractivity contribution in [3.05, 3.63) is 29.3 Å². The monoisotopic (exact) mass is 307 g/mol. The van der Waals surface area contributed by atoms with Crippen molar-refractivity contribution in [2.75, 3.05) is 31.7 Å². The molecule has 112 valence electrons. The van der Waals surface area contributed by atoms with Crippen LogP contribution in [-0.4, -0.2) is 26.8 Å². The van der Waals surface area contributed by atoms with Crippen LogP contribution >= 0.6 is 11.6 Å². The summed E-state index contributed by atoms with van der Waals surface area (Å²) in [6.45, 7) is 1.80. The largest absolute Gasteiger partial charge is 0.418 e. The number of rotatable bonds is 4. The second kappa shape index (κ2) is 6.22. The molecule has 1 saturated heterocycles. The molecule has 0 aliphatic carbocycles. The van der Waals surface area contributed by atoms with Gasteiger partial charge in [0.2, 0.25) is 0 Å². The number of anilines is 1. The highest BCUT2D eigenvalue weighted by Crippen LogP contribution is 2.39. The first kappa shape index (κ1) is 15.4. The lowest BCUT2D eigenvalue weighted by molar-refractivity contribution is -0.137. The molecule has 6 heteroatoms. The average molecular weight is 308 g/mol. The Hall–Kier alpha value is -0.940. The van der Waals surface area contributed by atoms with E-state index in [0.717, 1.165) is 12.5 Å². The van der Waals surface area contributed by atoms with Crippen LogP contribution in [0.15, 0.2) is 18.2 Å². The van der Waals surface area contributed by atoms with Gasteiger partial charge in [-0.15, -0.1) is 11.6 Å². The summed E-state index contributed by atoms with van der Waals surface area (Å²) in [5, 5.41) is 0. The fraction of sp³-hybridized carbons (Fsp3) is 0.571. The van der Waals surface area contributed by atoms with Gasteiger partial charge in [-0.05, 0) is 24.1 Å². The Kier molecular flexibility index (Phi) is 4.81. The van der Waals surface area contributed by atoms with E-state index in [0.29, 0.717) is 25.3 Å². The van der Waals surface area contributed by atoms with E-state index in [2.05, 4.69) is 0 Å². The third-order valence-electron chi connectivity index (χ3n) is 3.55. The molecule has 0 amide bonds. The Morgan fingerprint density at radius 3 is 2.75 bits per heavy atom. The Labute approximate surface area is 121 Å². The molecule has 0 spiro atoms. The first-order valence-electron chi connectivity index (χ1n) is 6.45. The van der Waals surface area contributed by atoms with Gasteiger partial charge in [-0.2, -0.15) is 13.2 Å². The van der Waals surface area contributed by atoms with Crippen LogP contribution in [0.4, 0.5) is 18.9 Å². The first-order chi connectivity index (χ1) is 9.45. The summed E-state index contributed by atoms with van der Waals surface area (Å²) < 4.78 is 44.6. The van der Waals surface area contributed by atoms with Gasteiger partial charge in [-0.25, -0.2) is 0 Å². The number of methoxy groups -OCH3 is 1. The molecule has 0 radical (unpaired) electrons. The van der Waals surface area contributed by atoms with Gasteiger partial charge in [0.05, 0.1) is 12.2 Å². The van der Waals surface area contributed by atoms with E-state index in [1.165, 1.54) is 6.07 Å². The molecule has 0 bridgehead atoms.